The predicted molar refractivity (Wildman–Crippen MR) is 120 cm³/mol. The van der Waals surface area contributed by atoms with E-state index in [4.69, 9.17) is 14.5 Å². The second-order valence-corrected chi connectivity index (χ2v) is 9.02. The van der Waals surface area contributed by atoms with Crippen molar-refractivity contribution in [3.05, 3.63) is 47.5 Å². The van der Waals surface area contributed by atoms with E-state index in [2.05, 4.69) is 40.1 Å². The lowest BCUT2D eigenvalue weighted by Gasteiger charge is -2.29. The fourth-order valence-electron chi connectivity index (χ4n) is 3.54. The molecule has 3 aromatic rings. The van der Waals surface area contributed by atoms with Crippen LogP contribution in [0.1, 0.15) is 17.5 Å². The minimum atomic E-state index is -0.679. The number of hydrogen-bond donors (Lipinski definition) is 1. The number of fused-ring (bicyclic) bond motifs is 2. The van der Waals surface area contributed by atoms with Crippen LogP contribution in [0.3, 0.4) is 0 Å². The van der Waals surface area contributed by atoms with E-state index in [1.54, 1.807) is 16.2 Å². The van der Waals surface area contributed by atoms with Crippen LogP contribution in [0.5, 0.6) is 11.5 Å². The number of carbonyl (C=O) groups is 1. The zero-order valence-corrected chi connectivity index (χ0v) is 18.7. The quantitative estimate of drug-likeness (QED) is 0.658. The van der Waals surface area contributed by atoms with Gasteiger partial charge in [0.05, 0.1) is 30.9 Å². The van der Waals surface area contributed by atoms with Gasteiger partial charge in [0.25, 0.3) is 5.91 Å². The van der Waals surface area contributed by atoms with E-state index in [9.17, 15) is 4.79 Å². The average molecular weight is 427 g/mol. The number of aromatic nitrogens is 1. The second kappa shape index (κ2) is 8.62. The summed E-state index contributed by atoms with van der Waals surface area (Å²) in [7, 11) is 4.23. The molecule has 0 saturated heterocycles. The summed E-state index contributed by atoms with van der Waals surface area (Å²) in [5.41, 5.74) is 3.33. The molecule has 1 amide bonds. The van der Waals surface area contributed by atoms with Crippen molar-refractivity contribution in [3.63, 3.8) is 0 Å². The van der Waals surface area contributed by atoms with Gasteiger partial charge in [-0.25, -0.2) is 4.98 Å². The van der Waals surface area contributed by atoms with Gasteiger partial charge < -0.3 is 14.4 Å². The Balaban J connectivity index is 1.63. The maximum absolute atomic E-state index is 13.5. The number of nitrogens with one attached hydrogen (secondary N) is 1. The SMILES string of the molecule is Cc1ccc2sc(N(CCC[NH+](C)C)C(=O)[C@@H]3COc4ccccc4O3)nc2c1C. The van der Waals surface area contributed by atoms with Crippen LogP contribution in [0.15, 0.2) is 36.4 Å². The summed E-state index contributed by atoms with van der Waals surface area (Å²) in [6.07, 6.45) is 0.202. The molecule has 1 aliphatic rings. The molecule has 0 saturated carbocycles. The highest BCUT2D eigenvalue weighted by atomic mass is 32.1. The molecular weight excluding hydrogens is 398 g/mol. The number of hydrogen-bond acceptors (Lipinski definition) is 5. The molecule has 0 radical (unpaired) electrons. The number of ether oxygens (including phenoxy) is 2. The zero-order valence-electron chi connectivity index (χ0n) is 17.9. The molecule has 6 nitrogen and oxygen atoms in total. The lowest BCUT2D eigenvalue weighted by Crippen LogP contribution is -3.05. The average Bonchev–Trinajstić information content (AvgIpc) is 3.17. The van der Waals surface area contributed by atoms with E-state index >= 15 is 0 Å². The summed E-state index contributed by atoms with van der Waals surface area (Å²) in [6, 6.07) is 11.7. The molecule has 2 heterocycles. The predicted octanol–water partition coefficient (Wildman–Crippen LogP) is 2.62. The summed E-state index contributed by atoms with van der Waals surface area (Å²) < 4.78 is 12.9. The summed E-state index contributed by atoms with van der Waals surface area (Å²) >= 11 is 1.56. The van der Waals surface area contributed by atoms with Gasteiger partial charge in [0, 0.05) is 13.0 Å². The number of nitrogens with zero attached hydrogens (tertiary/aromatic N) is 2. The molecule has 1 N–H and O–H groups in total. The van der Waals surface area contributed by atoms with Gasteiger partial charge in [-0.05, 0) is 43.2 Å². The van der Waals surface area contributed by atoms with Crippen LogP contribution in [0, 0.1) is 13.8 Å². The topological polar surface area (TPSA) is 56.1 Å². The third kappa shape index (κ3) is 4.13. The highest BCUT2D eigenvalue weighted by Gasteiger charge is 2.33. The van der Waals surface area contributed by atoms with Crippen molar-refractivity contribution < 1.29 is 19.2 Å². The lowest BCUT2D eigenvalue weighted by molar-refractivity contribution is -0.858. The molecule has 1 atom stereocenters. The lowest BCUT2D eigenvalue weighted by atomic mass is 10.1. The summed E-state index contributed by atoms with van der Waals surface area (Å²) in [4.78, 5) is 21.5. The highest BCUT2D eigenvalue weighted by molar-refractivity contribution is 7.22. The molecule has 2 aromatic carbocycles. The van der Waals surface area contributed by atoms with Crippen molar-refractivity contribution >= 4 is 32.6 Å². The van der Waals surface area contributed by atoms with Crippen molar-refractivity contribution in [2.45, 2.75) is 26.4 Å². The standard InChI is InChI=1S/C23H27N3O3S/c1-15-10-11-20-21(16(15)2)24-23(30-20)26(13-7-12-25(3)4)22(27)19-14-28-17-8-5-6-9-18(17)29-19/h5-6,8-11,19H,7,12-14H2,1-4H3/p+1/t19-/m0/s1. The van der Waals surface area contributed by atoms with Crippen LogP contribution < -0.4 is 19.3 Å². The summed E-state index contributed by atoms with van der Waals surface area (Å²) in [6.45, 7) is 5.94. The van der Waals surface area contributed by atoms with E-state index < -0.39 is 6.10 Å². The van der Waals surface area contributed by atoms with E-state index in [-0.39, 0.29) is 12.5 Å². The summed E-state index contributed by atoms with van der Waals surface area (Å²) in [5.74, 6) is 1.18. The Morgan fingerprint density at radius 1 is 1.20 bits per heavy atom. The number of para-hydroxylation sites is 2. The van der Waals surface area contributed by atoms with Gasteiger partial charge in [-0.1, -0.05) is 29.5 Å². The normalized spacial score (nSPS) is 15.6. The number of anilines is 1. The van der Waals surface area contributed by atoms with Crippen molar-refractivity contribution in [1.82, 2.24) is 4.98 Å². The van der Waals surface area contributed by atoms with Crippen molar-refractivity contribution in [2.24, 2.45) is 0 Å². The van der Waals surface area contributed by atoms with Crippen LogP contribution in [0.2, 0.25) is 0 Å². The van der Waals surface area contributed by atoms with E-state index in [0.29, 0.717) is 18.0 Å². The maximum Gasteiger partial charge on any atom is 0.273 e. The van der Waals surface area contributed by atoms with E-state index in [0.717, 1.165) is 33.9 Å². The largest absolute Gasteiger partial charge is 0.485 e. The minimum Gasteiger partial charge on any atom is -0.485 e. The fraction of sp³-hybridized carbons (Fsp3) is 0.391. The molecule has 0 aliphatic carbocycles. The third-order valence-electron chi connectivity index (χ3n) is 5.41. The van der Waals surface area contributed by atoms with Gasteiger partial charge in [0.1, 0.15) is 6.61 Å². The molecule has 0 bridgehead atoms. The number of carbonyl (C=O) groups excluding carboxylic acids is 1. The van der Waals surface area contributed by atoms with Gasteiger partial charge in [-0.3, -0.25) is 9.69 Å². The van der Waals surface area contributed by atoms with Crippen molar-refractivity contribution in [1.29, 1.82) is 0 Å². The first-order valence-corrected chi connectivity index (χ1v) is 11.1. The monoisotopic (exact) mass is 426 g/mol. The molecule has 4 rings (SSSR count). The Morgan fingerprint density at radius 3 is 2.73 bits per heavy atom. The highest BCUT2D eigenvalue weighted by Crippen LogP contribution is 2.34. The smallest absolute Gasteiger partial charge is 0.273 e. The molecule has 0 spiro atoms. The number of aryl methyl sites for hydroxylation is 2. The van der Waals surface area contributed by atoms with Gasteiger partial charge >= 0.3 is 0 Å². The van der Waals surface area contributed by atoms with E-state index in [1.165, 1.54) is 10.5 Å². The first-order valence-electron chi connectivity index (χ1n) is 10.3. The Hall–Kier alpha value is -2.64. The first kappa shape index (κ1) is 20.6. The Labute approximate surface area is 181 Å². The minimum absolute atomic E-state index is 0.105. The molecule has 30 heavy (non-hydrogen) atoms. The molecule has 158 valence electrons. The van der Waals surface area contributed by atoms with Crippen LogP contribution in [-0.4, -0.2) is 50.8 Å². The molecule has 7 heteroatoms. The van der Waals surface area contributed by atoms with Crippen molar-refractivity contribution in [2.75, 3.05) is 38.7 Å². The van der Waals surface area contributed by atoms with Crippen LogP contribution in [0.25, 0.3) is 10.2 Å². The Morgan fingerprint density at radius 2 is 1.97 bits per heavy atom. The molecule has 0 unspecified atom stereocenters. The molecule has 1 aromatic heterocycles. The van der Waals surface area contributed by atoms with Crippen LogP contribution in [-0.2, 0) is 4.79 Å². The number of rotatable bonds is 6. The fourth-order valence-corrected chi connectivity index (χ4v) is 4.59. The summed E-state index contributed by atoms with van der Waals surface area (Å²) in [5, 5.41) is 0.722. The zero-order chi connectivity index (χ0) is 21.3. The number of thiazole rings is 1. The second-order valence-electron chi connectivity index (χ2n) is 8.02. The molecular formula is C23H28N3O3S+. The van der Waals surface area contributed by atoms with Crippen molar-refractivity contribution in [3.8, 4) is 11.5 Å². The van der Waals surface area contributed by atoms with Crippen LogP contribution in [0.4, 0.5) is 5.13 Å². The van der Waals surface area contributed by atoms with Gasteiger partial charge in [0.15, 0.2) is 16.6 Å². The number of benzene rings is 2. The third-order valence-corrected chi connectivity index (χ3v) is 6.46. The molecule has 0 fully saturated rings. The van der Waals surface area contributed by atoms with Gasteiger partial charge in [0.2, 0.25) is 6.10 Å². The Kier molecular flexibility index (Phi) is 5.92. The number of amides is 1. The van der Waals surface area contributed by atoms with Gasteiger partial charge in [-0.15, -0.1) is 0 Å². The maximum atomic E-state index is 13.5. The first-order chi connectivity index (χ1) is 14.4. The number of quaternary nitrogens is 1. The van der Waals surface area contributed by atoms with Gasteiger partial charge in [-0.2, -0.15) is 0 Å². The van der Waals surface area contributed by atoms with Crippen LogP contribution >= 0.6 is 11.3 Å². The Bertz CT molecular complexity index is 1060. The molecule has 1 aliphatic heterocycles. The van der Waals surface area contributed by atoms with E-state index in [1.807, 2.05) is 24.3 Å².